The number of hydrogen-bond acceptors (Lipinski definition) is 3. The minimum atomic E-state index is 0.514. The van der Waals surface area contributed by atoms with Gasteiger partial charge in [0.05, 0.1) is 5.69 Å². The van der Waals surface area contributed by atoms with Gasteiger partial charge in [0.2, 0.25) is 0 Å². The Morgan fingerprint density at radius 1 is 1.39 bits per heavy atom. The molecule has 1 aromatic heterocycles. The second-order valence-corrected chi connectivity index (χ2v) is 5.70. The topological polar surface area (TPSA) is 28.2 Å². The lowest BCUT2D eigenvalue weighted by atomic mass is 10.0. The number of likely N-dealkylation sites (tertiary alicyclic amines) is 1. The van der Waals surface area contributed by atoms with Crippen LogP contribution in [0.1, 0.15) is 32.3 Å². The third-order valence-electron chi connectivity index (χ3n) is 3.72. The molecule has 0 spiro atoms. The molecule has 1 saturated heterocycles. The summed E-state index contributed by atoms with van der Waals surface area (Å²) in [5, 5.41) is 4.14. The van der Waals surface area contributed by atoms with Gasteiger partial charge in [-0.3, -0.25) is 0 Å². The minimum Gasteiger partial charge on any atom is -0.380 e. The molecule has 0 aromatic carbocycles. The molecule has 1 aliphatic heterocycles. The summed E-state index contributed by atoms with van der Waals surface area (Å²) in [6.45, 7) is 8.91. The molecule has 2 heterocycles. The zero-order chi connectivity index (χ0) is 13.1. The third-order valence-corrected chi connectivity index (χ3v) is 4.01. The second-order valence-electron chi connectivity index (χ2n) is 5.34. The zero-order valence-corrected chi connectivity index (χ0v) is 12.2. The molecule has 0 saturated carbocycles. The number of pyridine rings is 1. The molecule has 0 bridgehead atoms. The standard InChI is InChI=1S/C14H22ClN3/c1-10(2)18-8-5-12(6-9-18)17-13-11(3)4-7-16-14(13)15/h4,7,10,12,17H,5-6,8-9H2,1-3H3. The van der Waals surface area contributed by atoms with Crippen molar-refractivity contribution in [2.24, 2.45) is 0 Å². The largest absolute Gasteiger partial charge is 0.380 e. The van der Waals surface area contributed by atoms with Crippen LogP contribution in [0.5, 0.6) is 0 Å². The molecule has 0 atom stereocenters. The third kappa shape index (κ3) is 3.15. The number of anilines is 1. The summed E-state index contributed by atoms with van der Waals surface area (Å²) in [5.74, 6) is 0. The molecule has 0 amide bonds. The van der Waals surface area contributed by atoms with Gasteiger partial charge >= 0.3 is 0 Å². The van der Waals surface area contributed by atoms with Gasteiger partial charge in [0, 0.05) is 31.4 Å². The van der Waals surface area contributed by atoms with E-state index in [1.54, 1.807) is 6.20 Å². The predicted molar refractivity (Wildman–Crippen MR) is 77.3 cm³/mol. The van der Waals surface area contributed by atoms with Crippen LogP contribution >= 0.6 is 11.6 Å². The molecule has 0 unspecified atom stereocenters. The van der Waals surface area contributed by atoms with Gasteiger partial charge in [0.15, 0.2) is 5.15 Å². The Kier molecular flexibility index (Phi) is 4.46. The normalized spacial score (nSPS) is 18.3. The van der Waals surface area contributed by atoms with Crippen LogP contribution in [0.15, 0.2) is 12.3 Å². The monoisotopic (exact) mass is 267 g/mol. The molecule has 2 rings (SSSR count). The number of piperidine rings is 1. The highest BCUT2D eigenvalue weighted by Crippen LogP contribution is 2.26. The number of nitrogens with one attached hydrogen (secondary N) is 1. The van der Waals surface area contributed by atoms with E-state index in [4.69, 9.17) is 11.6 Å². The first-order valence-corrected chi connectivity index (χ1v) is 7.07. The number of hydrogen-bond donors (Lipinski definition) is 1. The first-order chi connectivity index (χ1) is 8.58. The van der Waals surface area contributed by atoms with Gasteiger partial charge in [-0.2, -0.15) is 0 Å². The lowest BCUT2D eigenvalue weighted by molar-refractivity contribution is 0.177. The van der Waals surface area contributed by atoms with Crippen molar-refractivity contribution in [1.29, 1.82) is 0 Å². The Labute approximate surface area is 115 Å². The molecule has 1 aliphatic rings. The molecule has 18 heavy (non-hydrogen) atoms. The Morgan fingerprint density at radius 3 is 2.61 bits per heavy atom. The Balaban J connectivity index is 1.96. The first-order valence-electron chi connectivity index (χ1n) is 6.69. The summed E-state index contributed by atoms with van der Waals surface area (Å²) in [4.78, 5) is 6.66. The molecule has 100 valence electrons. The van der Waals surface area contributed by atoms with Crippen LogP contribution < -0.4 is 5.32 Å². The molecular formula is C14H22ClN3. The summed E-state index contributed by atoms with van der Waals surface area (Å²) in [6, 6.07) is 3.16. The van der Waals surface area contributed by atoms with E-state index in [-0.39, 0.29) is 0 Å². The molecule has 0 radical (unpaired) electrons. The van der Waals surface area contributed by atoms with Gasteiger partial charge < -0.3 is 10.2 Å². The number of aryl methyl sites for hydroxylation is 1. The van der Waals surface area contributed by atoms with Crippen LogP contribution in [-0.2, 0) is 0 Å². The van der Waals surface area contributed by atoms with Crippen molar-refractivity contribution in [2.75, 3.05) is 18.4 Å². The number of nitrogens with zero attached hydrogens (tertiary/aromatic N) is 2. The van der Waals surface area contributed by atoms with Crippen molar-refractivity contribution in [3.63, 3.8) is 0 Å². The van der Waals surface area contributed by atoms with Crippen LogP contribution in [0.3, 0.4) is 0 Å². The highest BCUT2D eigenvalue weighted by atomic mass is 35.5. The SMILES string of the molecule is Cc1ccnc(Cl)c1NC1CCN(C(C)C)CC1. The van der Waals surface area contributed by atoms with E-state index in [1.807, 2.05) is 6.07 Å². The van der Waals surface area contributed by atoms with E-state index in [2.05, 4.69) is 36.0 Å². The van der Waals surface area contributed by atoms with Gasteiger partial charge in [-0.15, -0.1) is 0 Å². The molecule has 3 nitrogen and oxygen atoms in total. The van der Waals surface area contributed by atoms with Gasteiger partial charge in [0.25, 0.3) is 0 Å². The molecule has 1 fully saturated rings. The van der Waals surface area contributed by atoms with E-state index >= 15 is 0 Å². The zero-order valence-electron chi connectivity index (χ0n) is 11.4. The number of rotatable bonds is 3. The van der Waals surface area contributed by atoms with Gasteiger partial charge in [-0.1, -0.05) is 11.6 Å². The maximum Gasteiger partial charge on any atom is 0.152 e. The fraction of sp³-hybridized carbons (Fsp3) is 0.643. The van der Waals surface area contributed by atoms with E-state index in [9.17, 15) is 0 Å². The lowest BCUT2D eigenvalue weighted by Crippen LogP contribution is -2.42. The van der Waals surface area contributed by atoms with Crippen LogP contribution in [0.4, 0.5) is 5.69 Å². The van der Waals surface area contributed by atoms with Gasteiger partial charge in [-0.25, -0.2) is 4.98 Å². The van der Waals surface area contributed by atoms with Gasteiger partial charge in [0.1, 0.15) is 0 Å². The van der Waals surface area contributed by atoms with Crippen molar-refractivity contribution in [3.05, 3.63) is 23.0 Å². The highest BCUT2D eigenvalue weighted by Gasteiger charge is 2.21. The van der Waals surface area contributed by atoms with Crippen LogP contribution in [0.2, 0.25) is 5.15 Å². The number of aromatic nitrogens is 1. The number of halogens is 1. The summed E-state index contributed by atoms with van der Waals surface area (Å²) in [6.07, 6.45) is 4.09. The van der Waals surface area contributed by atoms with E-state index in [0.29, 0.717) is 17.2 Å². The molecular weight excluding hydrogens is 246 g/mol. The summed E-state index contributed by atoms with van der Waals surface area (Å²) in [5.41, 5.74) is 2.17. The Bertz CT molecular complexity index is 378. The molecule has 1 N–H and O–H groups in total. The predicted octanol–water partition coefficient (Wildman–Crippen LogP) is 3.33. The average Bonchev–Trinajstić information content (AvgIpc) is 2.34. The van der Waals surface area contributed by atoms with Crippen molar-refractivity contribution in [3.8, 4) is 0 Å². The molecule has 4 heteroatoms. The summed E-state index contributed by atoms with van der Waals surface area (Å²) >= 11 is 6.14. The van der Waals surface area contributed by atoms with Crippen LogP contribution in [0, 0.1) is 6.92 Å². The maximum absolute atomic E-state index is 6.14. The quantitative estimate of drug-likeness (QED) is 0.852. The summed E-state index contributed by atoms with van der Waals surface area (Å²) in [7, 11) is 0. The van der Waals surface area contributed by atoms with E-state index < -0.39 is 0 Å². The molecule has 1 aromatic rings. The fourth-order valence-electron chi connectivity index (χ4n) is 2.46. The Morgan fingerprint density at radius 2 is 2.06 bits per heavy atom. The first kappa shape index (κ1) is 13.6. The smallest absolute Gasteiger partial charge is 0.152 e. The van der Waals surface area contributed by atoms with Crippen LogP contribution in [-0.4, -0.2) is 35.1 Å². The Hall–Kier alpha value is -0.800. The second kappa shape index (κ2) is 5.89. The van der Waals surface area contributed by atoms with Crippen LogP contribution in [0.25, 0.3) is 0 Å². The van der Waals surface area contributed by atoms with E-state index in [0.717, 1.165) is 18.8 Å². The molecule has 0 aliphatic carbocycles. The fourth-order valence-corrected chi connectivity index (χ4v) is 2.72. The van der Waals surface area contributed by atoms with Crippen molar-refractivity contribution in [2.45, 2.75) is 45.7 Å². The van der Waals surface area contributed by atoms with Crippen molar-refractivity contribution in [1.82, 2.24) is 9.88 Å². The van der Waals surface area contributed by atoms with Gasteiger partial charge in [-0.05, 0) is 45.2 Å². The minimum absolute atomic E-state index is 0.514. The maximum atomic E-state index is 6.14. The highest BCUT2D eigenvalue weighted by molar-refractivity contribution is 6.32. The lowest BCUT2D eigenvalue weighted by Gasteiger charge is -2.35. The van der Waals surface area contributed by atoms with Crippen molar-refractivity contribution >= 4 is 17.3 Å². The van der Waals surface area contributed by atoms with E-state index in [1.165, 1.54) is 18.4 Å². The average molecular weight is 268 g/mol. The summed E-state index contributed by atoms with van der Waals surface area (Å²) < 4.78 is 0. The van der Waals surface area contributed by atoms with Crippen molar-refractivity contribution < 1.29 is 0 Å².